The van der Waals surface area contributed by atoms with Crippen molar-refractivity contribution >= 4 is 50.6 Å². The number of Topliss-reactive ketones (excluding diaryl/α,β-unsaturated/α-hetero) is 1. The molecule has 1 saturated carbocycles. The molecule has 1 aromatic carbocycles. The molecule has 0 atom stereocenters. The SMILES string of the molecule is O=C(CC1(C(=O)NCc2ccc(Nc3c(F)cc(Br)cc3Cl)cn2)CC1)c1cncnc1. The maximum absolute atomic E-state index is 14.1. The predicted molar refractivity (Wildman–Crippen MR) is 121 cm³/mol. The highest BCUT2D eigenvalue weighted by Gasteiger charge is 2.51. The van der Waals surface area contributed by atoms with Gasteiger partial charge in [-0.3, -0.25) is 14.6 Å². The molecule has 10 heteroatoms. The first-order chi connectivity index (χ1) is 15.4. The monoisotopic (exact) mass is 517 g/mol. The molecule has 0 radical (unpaired) electrons. The number of hydrogen-bond donors (Lipinski definition) is 2. The Kier molecular flexibility index (Phi) is 6.48. The van der Waals surface area contributed by atoms with E-state index in [1.54, 1.807) is 18.2 Å². The Balaban J connectivity index is 1.33. The molecule has 0 spiro atoms. The van der Waals surface area contributed by atoms with Crippen LogP contribution < -0.4 is 10.6 Å². The van der Waals surface area contributed by atoms with Gasteiger partial charge in [-0.05, 0) is 37.1 Å². The molecule has 1 amide bonds. The summed E-state index contributed by atoms with van der Waals surface area (Å²) >= 11 is 9.28. The molecule has 0 saturated heterocycles. The van der Waals surface area contributed by atoms with E-state index in [0.717, 1.165) is 0 Å². The third-order valence-electron chi connectivity index (χ3n) is 5.25. The van der Waals surface area contributed by atoms with Gasteiger partial charge in [0.15, 0.2) is 5.78 Å². The fourth-order valence-electron chi connectivity index (χ4n) is 3.25. The zero-order valence-electron chi connectivity index (χ0n) is 16.7. The van der Waals surface area contributed by atoms with Crippen LogP contribution in [-0.2, 0) is 11.3 Å². The van der Waals surface area contributed by atoms with Crippen molar-refractivity contribution in [1.29, 1.82) is 0 Å². The second-order valence-corrected chi connectivity index (χ2v) is 8.92. The van der Waals surface area contributed by atoms with Crippen molar-refractivity contribution in [3.63, 3.8) is 0 Å². The van der Waals surface area contributed by atoms with Gasteiger partial charge < -0.3 is 10.6 Å². The summed E-state index contributed by atoms with van der Waals surface area (Å²) in [4.78, 5) is 37.1. The van der Waals surface area contributed by atoms with Crippen LogP contribution in [0.2, 0.25) is 5.02 Å². The van der Waals surface area contributed by atoms with Gasteiger partial charge >= 0.3 is 0 Å². The van der Waals surface area contributed by atoms with Crippen molar-refractivity contribution < 1.29 is 14.0 Å². The number of benzene rings is 1. The summed E-state index contributed by atoms with van der Waals surface area (Å²) in [6.07, 6.45) is 7.25. The van der Waals surface area contributed by atoms with E-state index in [0.29, 0.717) is 34.3 Å². The van der Waals surface area contributed by atoms with Gasteiger partial charge in [0.05, 0.1) is 45.8 Å². The number of carbonyl (C=O) groups excluding carboxylic acids is 2. The number of ketones is 1. The minimum Gasteiger partial charge on any atom is -0.351 e. The summed E-state index contributed by atoms with van der Waals surface area (Å²) in [7, 11) is 0. The standard InChI is InChI=1S/C22H18BrClFN5O2/c23-14-5-17(24)20(18(25)6-14)30-16-2-1-15(28-11-16)10-29-21(32)22(3-4-22)7-19(31)13-8-26-12-27-9-13/h1-2,5-6,8-9,11-12,30H,3-4,7,10H2,(H,29,32). The molecule has 164 valence electrons. The largest absolute Gasteiger partial charge is 0.351 e. The van der Waals surface area contributed by atoms with E-state index in [2.05, 4.69) is 41.5 Å². The van der Waals surface area contributed by atoms with E-state index in [4.69, 9.17) is 11.6 Å². The van der Waals surface area contributed by atoms with Crippen molar-refractivity contribution in [3.8, 4) is 0 Å². The molecule has 32 heavy (non-hydrogen) atoms. The first-order valence-corrected chi connectivity index (χ1v) is 11.0. The first-order valence-electron chi connectivity index (χ1n) is 9.79. The second kappa shape index (κ2) is 9.30. The van der Waals surface area contributed by atoms with E-state index in [-0.39, 0.29) is 35.4 Å². The highest BCUT2D eigenvalue weighted by atomic mass is 79.9. The van der Waals surface area contributed by atoms with Gasteiger partial charge in [-0.2, -0.15) is 0 Å². The Labute approximate surface area is 197 Å². The van der Waals surface area contributed by atoms with Gasteiger partial charge in [0.2, 0.25) is 5.91 Å². The van der Waals surface area contributed by atoms with E-state index >= 15 is 0 Å². The number of halogens is 3. The number of hydrogen-bond acceptors (Lipinski definition) is 6. The van der Waals surface area contributed by atoms with Crippen LogP contribution in [-0.4, -0.2) is 26.6 Å². The highest BCUT2D eigenvalue weighted by molar-refractivity contribution is 9.10. The van der Waals surface area contributed by atoms with Crippen LogP contribution in [0.1, 0.15) is 35.3 Å². The third-order valence-corrected chi connectivity index (χ3v) is 6.00. The number of amides is 1. The van der Waals surface area contributed by atoms with Crippen molar-refractivity contribution in [3.05, 3.63) is 75.8 Å². The predicted octanol–water partition coefficient (Wildman–Crippen LogP) is 4.84. The maximum atomic E-state index is 14.1. The number of pyridine rings is 1. The summed E-state index contributed by atoms with van der Waals surface area (Å²) in [6, 6.07) is 6.35. The number of nitrogens with one attached hydrogen (secondary N) is 2. The second-order valence-electron chi connectivity index (χ2n) is 7.60. The summed E-state index contributed by atoms with van der Waals surface area (Å²) in [5.74, 6) is -0.812. The molecule has 0 bridgehead atoms. The fraction of sp³-hybridized carbons (Fsp3) is 0.227. The molecule has 2 aromatic heterocycles. The number of anilines is 2. The normalized spacial score (nSPS) is 14.0. The van der Waals surface area contributed by atoms with E-state index in [9.17, 15) is 14.0 Å². The van der Waals surface area contributed by atoms with E-state index < -0.39 is 11.2 Å². The summed E-state index contributed by atoms with van der Waals surface area (Å²) < 4.78 is 14.7. The number of nitrogens with zero attached hydrogens (tertiary/aromatic N) is 3. The molecule has 1 fully saturated rings. The Hall–Kier alpha value is -2.91. The van der Waals surface area contributed by atoms with Crippen molar-refractivity contribution in [1.82, 2.24) is 20.3 Å². The lowest BCUT2D eigenvalue weighted by molar-refractivity contribution is -0.126. The molecule has 0 unspecified atom stereocenters. The quantitative estimate of drug-likeness (QED) is 0.414. The number of carbonyl (C=O) groups is 2. The zero-order valence-corrected chi connectivity index (χ0v) is 19.1. The van der Waals surface area contributed by atoms with Gasteiger partial charge in [-0.25, -0.2) is 14.4 Å². The van der Waals surface area contributed by atoms with Crippen molar-refractivity contribution in [2.75, 3.05) is 5.32 Å². The van der Waals surface area contributed by atoms with Crippen LogP contribution in [0.25, 0.3) is 0 Å². The molecule has 2 heterocycles. The first kappa shape index (κ1) is 22.3. The highest BCUT2D eigenvalue weighted by Crippen LogP contribution is 2.49. The van der Waals surface area contributed by atoms with Crippen LogP contribution in [0.15, 0.2) is 53.7 Å². The van der Waals surface area contributed by atoms with Crippen LogP contribution in [0.5, 0.6) is 0 Å². The minimum atomic E-state index is -0.676. The average molecular weight is 519 g/mol. The third kappa shape index (κ3) is 5.11. The Morgan fingerprint density at radius 2 is 1.91 bits per heavy atom. The van der Waals surface area contributed by atoms with Gasteiger partial charge in [-0.1, -0.05) is 27.5 Å². The minimum absolute atomic E-state index is 0.127. The van der Waals surface area contributed by atoms with Crippen LogP contribution in [0.3, 0.4) is 0 Å². The van der Waals surface area contributed by atoms with E-state index in [1.165, 1.54) is 31.0 Å². The van der Waals surface area contributed by atoms with Gasteiger partial charge in [0.1, 0.15) is 12.1 Å². The summed E-state index contributed by atoms with van der Waals surface area (Å²) in [5, 5.41) is 6.00. The molecular formula is C22H18BrClFN5O2. The van der Waals surface area contributed by atoms with Crippen LogP contribution >= 0.6 is 27.5 Å². The van der Waals surface area contributed by atoms with Gasteiger partial charge in [-0.15, -0.1) is 0 Å². The lowest BCUT2D eigenvalue weighted by atomic mass is 9.96. The van der Waals surface area contributed by atoms with Gasteiger partial charge in [0, 0.05) is 23.3 Å². The fourth-order valence-corrected chi connectivity index (χ4v) is 4.07. The van der Waals surface area contributed by atoms with Gasteiger partial charge in [0.25, 0.3) is 0 Å². The number of aromatic nitrogens is 3. The Morgan fingerprint density at radius 1 is 1.16 bits per heavy atom. The maximum Gasteiger partial charge on any atom is 0.226 e. The summed E-state index contributed by atoms with van der Waals surface area (Å²) in [5.41, 5.74) is 1.06. The van der Waals surface area contributed by atoms with E-state index in [1.807, 2.05) is 0 Å². The Bertz CT molecular complexity index is 1130. The van der Waals surface area contributed by atoms with Crippen molar-refractivity contribution in [2.24, 2.45) is 5.41 Å². The smallest absolute Gasteiger partial charge is 0.226 e. The molecule has 1 aliphatic carbocycles. The molecule has 0 aliphatic heterocycles. The van der Waals surface area contributed by atoms with Crippen molar-refractivity contribution in [2.45, 2.75) is 25.8 Å². The zero-order chi connectivity index (χ0) is 22.7. The summed E-state index contributed by atoms with van der Waals surface area (Å²) in [6.45, 7) is 0.219. The average Bonchev–Trinajstić information content (AvgIpc) is 3.56. The van der Waals surface area contributed by atoms with Crippen LogP contribution in [0, 0.1) is 11.2 Å². The molecule has 4 rings (SSSR count). The topological polar surface area (TPSA) is 96.9 Å². The number of rotatable bonds is 8. The Morgan fingerprint density at radius 3 is 2.53 bits per heavy atom. The molecule has 1 aliphatic rings. The lowest BCUT2D eigenvalue weighted by Crippen LogP contribution is -2.33. The molecular weight excluding hydrogens is 501 g/mol. The van der Waals surface area contributed by atoms with Crippen LogP contribution in [0.4, 0.5) is 15.8 Å². The molecule has 3 aromatic rings. The molecule has 2 N–H and O–H groups in total. The lowest BCUT2D eigenvalue weighted by Gasteiger charge is -2.15. The molecule has 7 nitrogen and oxygen atoms in total.